The Hall–Kier alpha value is -1.89. The Balaban J connectivity index is 5.38. The second-order valence-corrected chi connectivity index (χ2v) is 8.66. The molecule has 0 bridgehead atoms. The van der Waals surface area contributed by atoms with Crippen LogP contribution in [0.25, 0.3) is 0 Å². The molecule has 0 saturated carbocycles. The minimum absolute atomic E-state index is 0.124. The summed E-state index contributed by atoms with van der Waals surface area (Å²) in [5.74, 6) is -3.68. The summed E-state index contributed by atoms with van der Waals surface area (Å²) in [4.78, 5) is 36.3. The number of unbranched alkanes of at least 4 members (excludes halogenated alkanes) is 7. The second kappa shape index (κ2) is 16.7. The van der Waals surface area contributed by atoms with Gasteiger partial charge >= 0.3 is 11.9 Å². The number of aliphatic carboxylic acids is 3. The van der Waals surface area contributed by atoms with Gasteiger partial charge in [-0.3, -0.25) is 4.48 Å². The molecule has 7 nitrogen and oxygen atoms in total. The highest BCUT2D eigenvalue weighted by molar-refractivity contribution is 5.77. The van der Waals surface area contributed by atoms with E-state index in [0.717, 1.165) is 32.1 Å². The minimum atomic E-state index is -1.37. The van der Waals surface area contributed by atoms with E-state index >= 15 is 0 Å². The molecular weight excluding hydrogens is 410 g/mol. The lowest BCUT2D eigenvalue weighted by atomic mass is 9.94. The summed E-state index contributed by atoms with van der Waals surface area (Å²) in [5.41, 5.74) is 0. The number of carboxylic acids is 3. The van der Waals surface area contributed by atoms with Crippen LogP contribution < -0.4 is 5.11 Å². The van der Waals surface area contributed by atoms with Gasteiger partial charge in [0.2, 0.25) is 0 Å². The quantitative estimate of drug-likeness (QED) is 0.162. The van der Waals surface area contributed by atoms with E-state index in [4.69, 9.17) is 0 Å². The summed E-state index contributed by atoms with van der Waals surface area (Å²) in [6, 6.07) is -3.39. The van der Waals surface area contributed by atoms with Crippen molar-refractivity contribution in [1.82, 2.24) is 0 Å². The highest BCUT2D eigenvalue weighted by Crippen LogP contribution is 2.32. The van der Waals surface area contributed by atoms with Crippen molar-refractivity contribution >= 4 is 17.9 Å². The van der Waals surface area contributed by atoms with Gasteiger partial charge in [0.05, 0.1) is 12.5 Å². The van der Waals surface area contributed by atoms with Crippen LogP contribution in [0.3, 0.4) is 0 Å². The van der Waals surface area contributed by atoms with Gasteiger partial charge in [0.15, 0.2) is 12.1 Å². The number of allylic oxidation sites excluding steroid dienone is 2. The van der Waals surface area contributed by atoms with Gasteiger partial charge in [-0.15, -0.1) is 0 Å². The van der Waals surface area contributed by atoms with Gasteiger partial charge < -0.3 is 20.1 Å². The van der Waals surface area contributed by atoms with Crippen LogP contribution in [0, 0.1) is 0 Å². The second-order valence-electron chi connectivity index (χ2n) is 8.66. The van der Waals surface area contributed by atoms with Crippen LogP contribution in [0.4, 0.5) is 0 Å². The van der Waals surface area contributed by atoms with E-state index < -0.39 is 40.5 Å². The molecule has 0 fully saturated rings. The molecule has 0 aromatic heterocycles. The molecule has 3 atom stereocenters. The van der Waals surface area contributed by atoms with Gasteiger partial charge in [-0.1, -0.05) is 59.1 Å². The van der Waals surface area contributed by atoms with E-state index in [1.807, 2.05) is 0 Å². The van der Waals surface area contributed by atoms with Crippen molar-refractivity contribution in [2.75, 3.05) is 6.54 Å². The normalized spacial score (nSPS) is 16.4. The number of carbonyl (C=O) groups excluding carboxylic acids is 1. The largest absolute Gasteiger partial charge is 0.544 e. The number of quaternary nitrogens is 1. The summed E-state index contributed by atoms with van der Waals surface area (Å²) in [6.45, 7) is 7.40. The molecule has 7 heteroatoms. The van der Waals surface area contributed by atoms with Crippen molar-refractivity contribution in [1.29, 1.82) is 0 Å². The van der Waals surface area contributed by atoms with Gasteiger partial charge in [0.25, 0.3) is 0 Å². The Morgan fingerprint density at radius 3 is 1.53 bits per heavy atom. The SMILES string of the molecule is CCCCC/C=C/CCCCCC[N+](C(CC)C(=O)[O-])(C(CC)C(=O)O)C(CC)C(=O)O. The summed E-state index contributed by atoms with van der Waals surface area (Å²) >= 11 is 0. The maximum absolute atomic E-state index is 12.1. The maximum Gasteiger partial charge on any atom is 0.362 e. The van der Waals surface area contributed by atoms with Crippen molar-refractivity contribution < 1.29 is 34.2 Å². The first-order valence-corrected chi connectivity index (χ1v) is 12.4. The first-order valence-electron chi connectivity index (χ1n) is 12.4. The first-order chi connectivity index (χ1) is 15.2. The van der Waals surface area contributed by atoms with Crippen molar-refractivity contribution in [3.05, 3.63) is 12.2 Å². The van der Waals surface area contributed by atoms with Crippen molar-refractivity contribution in [2.45, 2.75) is 123 Å². The fourth-order valence-corrected chi connectivity index (χ4v) is 5.01. The number of rotatable bonds is 20. The number of hydrogen-bond donors (Lipinski definition) is 2. The Morgan fingerprint density at radius 2 is 1.16 bits per heavy atom. The van der Waals surface area contributed by atoms with E-state index in [1.165, 1.54) is 19.3 Å². The lowest BCUT2D eigenvalue weighted by Gasteiger charge is -2.51. The molecule has 0 aliphatic heterocycles. The highest BCUT2D eigenvalue weighted by atomic mass is 16.4. The first kappa shape index (κ1) is 30.1. The number of hydrogen-bond acceptors (Lipinski definition) is 4. The molecule has 0 heterocycles. The van der Waals surface area contributed by atoms with Crippen LogP contribution >= 0.6 is 0 Å². The van der Waals surface area contributed by atoms with Crippen molar-refractivity contribution in [2.24, 2.45) is 0 Å². The Bertz CT molecular complexity index is 534. The average Bonchev–Trinajstić information content (AvgIpc) is 2.72. The standard InChI is InChI=1S/C25H45NO6/c1-5-9-10-11-12-13-14-15-16-17-18-19-26(20(6-2)23(27)28,21(7-3)24(29)30)22(8-4)25(31)32/h12-13,20-22H,5-11,14-19H2,1-4H3,(H2-,27,28,29,30,31,32)/b13-12+. The van der Waals surface area contributed by atoms with Crippen LogP contribution in [0.15, 0.2) is 12.2 Å². The molecule has 0 radical (unpaired) electrons. The topological polar surface area (TPSA) is 115 Å². The molecule has 0 aromatic carbocycles. The predicted molar refractivity (Wildman–Crippen MR) is 124 cm³/mol. The van der Waals surface area contributed by atoms with Gasteiger partial charge in [-0.25, -0.2) is 9.59 Å². The molecular formula is C25H45NO6. The average molecular weight is 456 g/mol. The Kier molecular flexibility index (Phi) is 15.7. The molecule has 3 unspecified atom stereocenters. The third-order valence-corrected chi connectivity index (χ3v) is 6.55. The smallest absolute Gasteiger partial charge is 0.362 e. The van der Waals surface area contributed by atoms with Crippen LogP contribution in [-0.4, -0.2) is 57.3 Å². The van der Waals surface area contributed by atoms with Gasteiger partial charge in [0.1, 0.15) is 6.04 Å². The van der Waals surface area contributed by atoms with Crippen LogP contribution in [0.1, 0.15) is 105 Å². The summed E-state index contributed by atoms with van der Waals surface area (Å²) in [6.07, 6.45) is 14.0. The monoisotopic (exact) mass is 455 g/mol. The predicted octanol–water partition coefficient (Wildman–Crippen LogP) is 4.15. The molecule has 0 rings (SSSR count). The molecule has 0 aromatic rings. The third-order valence-electron chi connectivity index (χ3n) is 6.55. The van der Waals surface area contributed by atoms with Crippen LogP contribution in [0.2, 0.25) is 0 Å². The molecule has 186 valence electrons. The fraction of sp³-hybridized carbons (Fsp3) is 0.800. The van der Waals surface area contributed by atoms with E-state index in [-0.39, 0.29) is 25.8 Å². The zero-order chi connectivity index (χ0) is 24.6. The van der Waals surface area contributed by atoms with Crippen molar-refractivity contribution in [3.8, 4) is 0 Å². The van der Waals surface area contributed by atoms with Gasteiger partial charge in [-0.2, -0.15) is 0 Å². The van der Waals surface area contributed by atoms with Crippen LogP contribution in [-0.2, 0) is 14.4 Å². The molecule has 32 heavy (non-hydrogen) atoms. The number of carboxylic acid groups (broad SMARTS) is 3. The Morgan fingerprint density at radius 1 is 0.719 bits per heavy atom. The van der Waals surface area contributed by atoms with Crippen LogP contribution in [0.5, 0.6) is 0 Å². The van der Waals surface area contributed by atoms with E-state index in [9.17, 15) is 29.7 Å². The van der Waals surface area contributed by atoms with E-state index in [0.29, 0.717) is 6.42 Å². The molecule has 0 amide bonds. The maximum atomic E-state index is 12.1. The third kappa shape index (κ3) is 8.93. The fourth-order valence-electron chi connectivity index (χ4n) is 5.01. The number of nitrogens with zero attached hydrogens (tertiary/aromatic N) is 1. The highest BCUT2D eigenvalue weighted by Gasteiger charge is 2.53. The summed E-state index contributed by atoms with van der Waals surface area (Å²) in [7, 11) is 0. The zero-order valence-corrected chi connectivity index (χ0v) is 20.6. The molecule has 0 saturated heterocycles. The summed E-state index contributed by atoms with van der Waals surface area (Å²) < 4.78 is -0.478. The van der Waals surface area contributed by atoms with Crippen molar-refractivity contribution in [3.63, 3.8) is 0 Å². The molecule has 0 aliphatic carbocycles. The summed E-state index contributed by atoms with van der Waals surface area (Å²) in [5, 5.41) is 31.9. The molecule has 2 N–H and O–H groups in total. The molecule has 0 aliphatic rings. The van der Waals surface area contributed by atoms with Gasteiger partial charge in [0, 0.05) is 19.3 Å². The van der Waals surface area contributed by atoms with E-state index in [1.54, 1.807) is 20.8 Å². The van der Waals surface area contributed by atoms with E-state index in [2.05, 4.69) is 19.1 Å². The lowest BCUT2D eigenvalue weighted by Crippen LogP contribution is -2.73. The zero-order valence-electron chi connectivity index (χ0n) is 20.6. The van der Waals surface area contributed by atoms with Gasteiger partial charge in [-0.05, 0) is 38.5 Å². The lowest BCUT2D eigenvalue weighted by molar-refractivity contribution is -0.974. The molecule has 0 spiro atoms. The number of carbonyl (C=O) groups is 3. The minimum Gasteiger partial charge on any atom is -0.544 e. The Labute approximate surface area is 194 Å².